The number of hydrogen-bond donors (Lipinski definition) is 1. The van der Waals surface area contributed by atoms with E-state index in [1.807, 2.05) is 0 Å². The van der Waals surface area contributed by atoms with Crippen LogP contribution in [0.3, 0.4) is 0 Å². The molecule has 6 heteroatoms. The number of ketones is 2. The highest BCUT2D eigenvalue weighted by molar-refractivity contribution is 5.97. The Morgan fingerprint density at radius 2 is 1.83 bits per heavy atom. The molecule has 0 atom stereocenters. The first-order chi connectivity index (χ1) is 10.5. The number of carbonyl (C=O) groups excluding carboxylic acids is 3. The molecule has 1 rings (SSSR count). The molecule has 1 aromatic heterocycles. The van der Waals surface area contributed by atoms with Crippen molar-refractivity contribution < 1.29 is 14.4 Å². The summed E-state index contributed by atoms with van der Waals surface area (Å²) in [6.45, 7) is 11.5. The molecule has 0 saturated carbocycles. The lowest BCUT2D eigenvalue weighted by Crippen LogP contribution is -2.41. The lowest BCUT2D eigenvalue weighted by atomic mass is 9.92. The van der Waals surface area contributed by atoms with Gasteiger partial charge in [0.05, 0.1) is 12.0 Å². The molecular formula is C17H27N3O3. The van der Waals surface area contributed by atoms with Gasteiger partial charge in [0, 0.05) is 20.4 Å². The third-order valence-corrected chi connectivity index (χ3v) is 3.67. The van der Waals surface area contributed by atoms with Gasteiger partial charge in [-0.2, -0.15) is 5.10 Å². The van der Waals surface area contributed by atoms with Crippen molar-refractivity contribution in [1.82, 2.24) is 15.1 Å². The Kier molecular flexibility index (Phi) is 6.24. The maximum atomic E-state index is 12.4. The molecule has 0 unspecified atom stereocenters. The topological polar surface area (TPSA) is 81.1 Å². The zero-order chi connectivity index (χ0) is 17.8. The lowest BCUT2D eigenvalue weighted by molar-refractivity contribution is -0.130. The molecule has 128 valence electrons. The fraction of sp³-hybridized carbons (Fsp3) is 0.647. The van der Waals surface area contributed by atoms with Crippen LogP contribution >= 0.6 is 0 Å². The molecule has 0 radical (unpaired) electrons. The van der Waals surface area contributed by atoms with Gasteiger partial charge < -0.3 is 5.32 Å². The van der Waals surface area contributed by atoms with Gasteiger partial charge in [0.25, 0.3) is 0 Å². The second-order valence-electron chi connectivity index (χ2n) is 7.01. The minimum atomic E-state index is -0.735. The van der Waals surface area contributed by atoms with Crippen molar-refractivity contribution in [1.29, 1.82) is 0 Å². The molecule has 1 amide bonds. The third kappa shape index (κ3) is 5.30. The summed E-state index contributed by atoms with van der Waals surface area (Å²) in [5, 5.41) is 7.09. The summed E-state index contributed by atoms with van der Waals surface area (Å²) in [7, 11) is 0. The van der Waals surface area contributed by atoms with Gasteiger partial charge in [-0.1, -0.05) is 13.8 Å². The van der Waals surface area contributed by atoms with Crippen LogP contribution in [-0.2, 0) is 11.3 Å². The number of hydrogen-bond acceptors (Lipinski definition) is 4. The van der Waals surface area contributed by atoms with Gasteiger partial charge in [0.1, 0.15) is 11.4 Å². The normalized spacial score (nSPS) is 11.6. The van der Waals surface area contributed by atoms with Crippen LogP contribution in [0.5, 0.6) is 0 Å². The van der Waals surface area contributed by atoms with E-state index in [-0.39, 0.29) is 29.7 Å². The first-order valence-electron chi connectivity index (χ1n) is 7.92. The van der Waals surface area contributed by atoms with E-state index in [0.717, 1.165) is 6.42 Å². The van der Waals surface area contributed by atoms with Crippen LogP contribution in [0, 0.1) is 11.3 Å². The minimum absolute atomic E-state index is 0.0903. The molecule has 1 N–H and O–H groups in total. The molecule has 0 bridgehead atoms. The summed E-state index contributed by atoms with van der Waals surface area (Å²) < 4.78 is 1.46. The number of carbonyl (C=O) groups is 3. The molecule has 1 aromatic rings. The van der Waals surface area contributed by atoms with E-state index in [1.54, 1.807) is 13.8 Å². The van der Waals surface area contributed by atoms with Gasteiger partial charge in [0.2, 0.25) is 5.91 Å². The minimum Gasteiger partial charge on any atom is -0.356 e. The van der Waals surface area contributed by atoms with Crippen molar-refractivity contribution >= 4 is 17.5 Å². The second kappa shape index (κ2) is 7.53. The summed E-state index contributed by atoms with van der Waals surface area (Å²) >= 11 is 0. The maximum absolute atomic E-state index is 12.4. The van der Waals surface area contributed by atoms with E-state index >= 15 is 0 Å². The zero-order valence-electron chi connectivity index (χ0n) is 14.9. The fourth-order valence-electron chi connectivity index (χ4n) is 2.15. The van der Waals surface area contributed by atoms with Gasteiger partial charge in [-0.25, -0.2) is 0 Å². The smallest absolute Gasteiger partial charge is 0.227 e. The van der Waals surface area contributed by atoms with E-state index in [1.165, 1.54) is 24.6 Å². The van der Waals surface area contributed by atoms with E-state index in [9.17, 15) is 14.4 Å². The number of nitrogens with one attached hydrogen (secondary N) is 1. The van der Waals surface area contributed by atoms with Crippen LogP contribution in [-0.4, -0.2) is 33.8 Å². The van der Waals surface area contributed by atoms with Gasteiger partial charge >= 0.3 is 0 Å². The predicted molar refractivity (Wildman–Crippen MR) is 88.5 cm³/mol. The van der Waals surface area contributed by atoms with Crippen LogP contribution in [0.2, 0.25) is 0 Å². The molecule has 0 saturated heterocycles. The molecule has 1 heterocycles. The van der Waals surface area contributed by atoms with Crippen LogP contribution in [0.4, 0.5) is 0 Å². The van der Waals surface area contributed by atoms with Crippen LogP contribution < -0.4 is 5.32 Å². The van der Waals surface area contributed by atoms with Crippen molar-refractivity contribution in [2.75, 3.05) is 6.54 Å². The van der Waals surface area contributed by atoms with Crippen molar-refractivity contribution in [3.63, 3.8) is 0 Å². The van der Waals surface area contributed by atoms with E-state index < -0.39 is 5.41 Å². The average molecular weight is 321 g/mol. The van der Waals surface area contributed by atoms with Gasteiger partial charge in [-0.05, 0) is 32.3 Å². The molecular weight excluding hydrogens is 294 g/mol. The van der Waals surface area contributed by atoms with Crippen LogP contribution in [0.15, 0.2) is 6.07 Å². The molecule has 0 aliphatic rings. The number of aromatic nitrogens is 2. The van der Waals surface area contributed by atoms with Crippen molar-refractivity contribution in [3.05, 3.63) is 17.5 Å². The van der Waals surface area contributed by atoms with Gasteiger partial charge in [0.15, 0.2) is 11.6 Å². The van der Waals surface area contributed by atoms with Gasteiger partial charge in [-0.15, -0.1) is 0 Å². The Hall–Kier alpha value is -1.98. The van der Waals surface area contributed by atoms with Crippen molar-refractivity contribution in [2.24, 2.45) is 11.3 Å². The highest BCUT2D eigenvalue weighted by Crippen LogP contribution is 2.20. The summed E-state index contributed by atoms with van der Waals surface area (Å²) in [6.07, 6.45) is 0.913. The average Bonchev–Trinajstić information content (AvgIpc) is 2.81. The van der Waals surface area contributed by atoms with Crippen LogP contribution in [0.25, 0.3) is 0 Å². The van der Waals surface area contributed by atoms with Crippen molar-refractivity contribution in [3.8, 4) is 0 Å². The number of rotatable bonds is 8. The first kappa shape index (κ1) is 19.1. The Morgan fingerprint density at radius 3 is 2.30 bits per heavy atom. The summed E-state index contributed by atoms with van der Waals surface area (Å²) in [6, 6.07) is 1.48. The fourth-order valence-corrected chi connectivity index (χ4v) is 2.15. The van der Waals surface area contributed by atoms with E-state index in [0.29, 0.717) is 18.2 Å². The molecule has 23 heavy (non-hydrogen) atoms. The summed E-state index contributed by atoms with van der Waals surface area (Å²) in [4.78, 5) is 35.6. The highest BCUT2D eigenvalue weighted by Gasteiger charge is 2.30. The standard InChI is InChI=1S/C17H27N3O3/c1-11(2)7-8-18-16(23)17(5,6)10-20-15(13(4)22)9-14(19-20)12(3)21/h9,11H,7-8,10H2,1-6H3,(H,18,23). The Morgan fingerprint density at radius 1 is 1.22 bits per heavy atom. The number of Topliss-reactive ketones (excluding diaryl/α,β-unsaturated/α-hetero) is 2. The second-order valence-corrected chi connectivity index (χ2v) is 7.01. The third-order valence-electron chi connectivity index (χ3n) is 3.67. The molecule has 0 aliphatic heterocycles. The van der Waals surface area contributed by atoms with Crippen LogP contribution in [0.1, 0.15) is 68.9 Å². The quantitative estimate of drug-likeness (QED) is 0.746. The molecule has 6 nitrogen and oxygen atoms in total. The summed E-state index contributed by atoms with van der Waals surface area (Å²) in [5.41, 5.74) is -0.147. The lowest BCUT2D eigenvalue weighted by Gasteiger charge is -2.24. The van der Waals surface area contributed by atoms with Crippen molar-refractivity contribution in [2.45, 2.75) is 54.5 Å². The monoisotopic (exact) mass is 321 g/mol. The highest BCUT2D eigenvalue weighted by atomic mass is 16.2. The number of amides is 1. The first-order valence-corrected chi connectivity index (χ1v) is 7.92. The number of nitrogens with zero attached hydrogens (tertiary/aromatic N) is 2. The van der Waals surface area contributed by atoms with E-state index in [4.69, 9.17) is 0 Å². The maximum Gasteiger partial charge on any atom is 0.227 e. The Bertz CT molecular complexity index is 600. The van der Waals surface area contributed by atoms with Gasteiger partial charge in [-0.3, -0.25) is 19.1 Å². The summed E-state index contributed by atoms with van der Waals surface area (Å²) in [5.74, 6) is 0.0472. The molecule has 0 spiro atoms. The molecule has 0 aliphatic carbocycles. The Balaban J connectivity index is 2.89. The SMILES string of the molecule is CC(=O)c1cc(C(C)=O)n(CC(C)(C)C(=O)NCCC(C)C)n1. The Labute approximate surface area is 137 Å². The predicted octanol–water partition coefficient (Wildman–Crippen LogP) is 2.48. The largest absolute Gasteiger partial charge is 0.356 e. The molecule has 0 aromatic carbocycles. The molecule has 0 fully saturated rings. The zero-order valence-corrected chi connectivity index (χ0v) is 14.9. The van der Waals surface area contributed by atoms with E-state index in [2.05, 4.69) is 24.3 Å².